The zero-order chi connectivity index (χ0) is 13.2. The fourth-order valence-corrected chi connectivity index (χ4v) is 2.70. The summed E-state index contributed by atoms with van der Waals surface area (Å²) < 4.78 is 0. The van der Waals surface area contributed by atoms with Gasteiger partial charge < -0.3 is 15.5 Å². The topological polar surface area (TPSA) is 32.5 Å². The first-order valence-electron chi connectivity index (χ1n) is 6.67. The van der Waals surface area contributed by atoms with Gasteiger partial charge in [0.2, 0.25) is 0 Å². The lowest BCUT2D eigenvalue weighted by atomic mass is 10.1. The molecular weight excluding hydrogens is 234 g/mol. The largest absolute Gasteiger partial charge is 0.371 e. The molecule has 0 fully saturated rings. The summed E-state index contributed by atoms with van der Waals surface area (Å²) in [6, 6.07) is 16.9. The van der Waals surface area contributed by atoms with Gasteiger partial charge in [-0.3, -0.25) is 0 Å². The van der Waals surface area contributed by atoms with Gasteiger partial charge in [0.1, 0.15) is 0 Å². The number of para-hydroxylation sites is 3. The molecule has 0 amide bonds. The van der Waals surface area contributed by atoms with Crippen LogP contribution >= 0.6 is 0 Å². The van der Waals surface area contributed by atoms with Crippen molar-refractivity contribution < 1.29 is 0 Å². The first-order chi connectivity index (χ1) is 9.31. The molecule has 0 saturated carbocycles. The number of nitrogens with two attached hydrogens (primary N) is 1. The third kappa shape index (κ3) is 2.06. The van der Waals surface area contributed by atoms with Gasteiger partial charge in [0, 0.05) is 32.4 Å². The molecule has 3 heteroatoms. The van der Waals surface area contributed by atoms with Crippen LogP contribution in [-0.2, 0) is 6.54 Å². The van der Waals surface area contributed by atoms with Gasteiger partial charge in [0.25, 0.3) is 0 Å². The minimum atomic E-state index is 0.574. The Bertz CT molecular complexity index is 580. The summed E-state index contributed by atoms with van der Waals surface area (Å²) in [6.07, 6.45) is 0. The van der Waals surface area contributed by atoms with Gasteiger partial charge in [-0.1, -0.05) is 30.3 Å². The van der Waals surface area contributed by atoms with E-state index in [2.05, 4.69) is 59.3 Å². The fourth-order valence-electron chi connectivity index (χ4n) is 2.70. The molecular formula is C16H19N3. The zero-order valence-electron chi connectivity index (χ0n) is 11.2. The van der Waals surface area contributed by atoms with E-state index >= 15 is 0 Å². The highest BCUT2D eigenvalue weighted by molar-refractivity contribution is 5.80. The lowest BCUT2D eigenvalue weighted by molar-refractivity contribution is 0.817. The van der Waals surface area contributed by atoms with Gasteiger partial charge in [-0.25, -0.2) is 0 Å². The third-order valence-corrected chi connectivity index (χ3v) is 3.75. The Hall–Kier alpha value is -2.00. The molecule has 0 bridgehead atoms. The highest BCUT2D eigenvalue weighted by atomic mass is 15.3. The second kappa shape index (κ2) is 4.94. The summed E-state index contributed by atoms with van der Waals surface area (Å²) >= 11 is 0. The van der Waals surface area contributed by atoms with Crippen molar-refractivity contribution in [1.82, 2.24) is 0 Å². The van der Waals surface area contributed by atoms with E-state index in [1.807, 2.05) is 6.07 Å². The second-order valence-electron chi connectivity index (χ2n) is 4.89. The van der Waals surface area contributed by atoms with Crippen LogP contribution in [-0.4, -0.2) is 20.1 Å². The number of rotatable bonds is 2. The summed E-state index contributed by atoms with van der Waals surface area (Å²) in [5, 5.41) is 0. The van der Waals surface area contributed by atoms with Gasteiger partial charge in [-0.05, 0) is 23.8 Å². The van der Waals surface area contributed by atoms with Crippen molar-refractivity contribution in [3.05, 3.63) is 54.1 Å². The maximum absolute atomic E-state index is 5.87. The highest BCUT2D eigenvalue weighted by Gasteiger charge is 2.22. The van der Waals surface area contributed by atoms with Crippen molar-refractivity contribution in [2.75, 3.05) is 29.9 Å². The van der Waals surface area contributed by atoms with Gasteiger partial charge in [0.05, 0.1) is 11.4 Å². The predicted molar refractivity (Wildman–Crippen MR) is 81.1 cm³/mol. The van der Waals surface area contributed by atoms with Crippen molar-refractivity contribution in [3.8, 4) is 0 Å². The molecule has 0 spiro atoms. The molecule has 0 unspecified atom stereocenters. The summed E-state index contributed by atoms with van der Waals surface area (Å²) in [7, 11) is 2.14. The van der Waals surface area contributed by atoms with Crippen LogP contribution in [0.4, 0.5) is 17.1 Å². The highest BCUT2D eigenvalue weighted by Crippen LogP contribution is 2.37. The molecule has 0 radical (unpaired) electrons. The molecule has 1 aliphatic rings. The van der Waals surface area contributed by atoms with E-state index in [4.69, 9.17) is 5.73 Å². The molecule has 98 valence electrons. The molecule has 2 aromatic rings. The molecule has 19 heavy (non-hydrogen) atoms. The lowest BCUT2D eigenvalue weighted by Gasteiger charge is -2.37. The minimum Gasteiger partial charge on any atom is -0.371 e. The van der Waals surface area contributed by atoms with Crippen LogP contribution < -0.4 is 15.5 Å². The molecule has 1 heterocycles. The Morgan fingerprint density at radius 2 is 1.53 bits per heavy atom. The lowest BCUT2D eigenvalue weighted by Crippen LogP contribution is -2.36. The molecule has 0 aliphatic carbocycles. The van der Waals surface area contributed by atoms with Crippen molar-refractivity contribution in [2.45, 2.75) is 6.54 Å². The number of hydrogen-bond donors (Lipinski definition) is 1. The van der Waals surface area contributed by atoms with Gasteiger partial charge in [0.15, 0.2) is 0 Å². The zero-order valence-corrected chi connectivity index (χ0v) is 11.2. The van der Waals surface area contributed by atoms with E-state index in [1.165, 1.54) is 22.6 Å². The molecule has 3 nitrogen and oxygen atoms in total. The minimum absolute atomic E-state index is 0.574. The van der Waals surface area contributed by atoms with Gasteiger partial charge >= 0.3 is 0 Å². The van der Waals surface area contributed by atoms with E-state index in [-0.39, 0.29) is 0 Å². The van der Waals surface area contributed by atoms with Crippen LogP contribution in [0, 0.1) is 0 Å². The number of benzene rings is 2. The SMILES string of the molecule is CN1CCN(c2ccccc2CN)c2ccccc21. The average molecular weight is 253 g/mol. The van der Waals surface area contributed by atoms with Crippen LogP contribution in [0.3, 0.4) is 0 Å². The Morgan fingerprint density at radius 1 is 0.895 bits per heavy atom. The molecule has 0 aromatic heterocycles. The summed E-state index contributed by atoms with van der Waals surface area (Å²) in [5.41, 5.74) is 10.8. The van der Waals surface area contributed by atoms with Crippen molar-refractivity contribution in [2.24, 2.45) is 5.73 Å². The standard InChI is InChI=1S/C16H19N3/c1-18-10-11-19(16-9-5-4-8-15(16)18)14-7-3-2-6-13(14)12-17/h2-9H,10-12,17H2,1H3. The second-order valence-corrected chi connectivity index (χ2v) is 4.89. The van der Waals surface area contributed by atoms with Crippen molar-refractivity contribution in [3.63, 3.8) is 0 Å². The molecule has 2 N–H and O–H groups in total. The maximum Gasteiger partial charge on any atom is 0.0649 e. The monoisotopic (exact) mass is 253 g/mol. The van der Waals surface area contributed by atoms with E-state index < -0.39 is 0 Å². The Balaban J connectivity index is 2.10. The van der Waals surface area contributed by atoms with E-state index in [9.17, 15) is 0 Å². The molecule has 0 saturated heterocycles. The number of nitrogens with zero attached hydrogens (tertiary/aromatic N) is 2. The predicted octanol–water partition coefficient (Wildman–Crippen LogP) is 2.73. The number of anilines is 3. The first kappa shape index (κ1) is 12.1. The molecule has 0 atom stereocenters. The van der Waals surface area contributed by atoms with Gasteiger partial charge in [-0.2, -0.15) is 0 Å². The molecule has 2 aromatic carbocycles. The Labute approximate surface area is 114 Å². The summed E-state index contributed by atoms with van der Waals surface area (Å²) in [4.78, 5) is 4.68. The third-order valence-electron chi connectivity index (χ3n) is 3.75. The molecule has 3 rings (SSSR count). The van der Waals surface area contributed by atoms with Crippen LogP contribution in [0.5, 0.6) is 0 Å². The summed E-state index contributed by atoms with van der Waals surface area (Å²) in [5.74, 6) is 0. The van der Waals surface area contributed by atoms with Crippen LogP contribution in [0.2, 0.25) is 0 Å². The van der Waals surface area contributed by atoms with Crippen LogP contribution in [0.25, 0.3) is 0 Å². The normalized spacial score (nSPS) is 14.4. The van der Waals surface area contributed by atoms with Crippen LogP contribution in [0.1, 0.15) is 5.56 Å². The number of likely N-dealkylation sites (N-methyl/N-ethyl adjacent to an activating group) is 1. The van der Waals surface area contributed by atoms with E-state index in [1.54, 1.807) is 0 Å². The Morgan fingerprint density at radius 3 is 2.26 bits per heavy atom. The van der Waals surface area contributed by atoms with Crippen LogP contribution in [0.15, 0.2) is 48.5 Å². The number of fused-ring (bicyclic) bond motifs is 1. The number of hydrogen-bond acceptors (Lipinski definition) is 3. The van der Waals surface area contributed by atoms with E-state index in [0.717, 1.165) is 13.1 Å². The molecule has 1 aliphatic heterocycles. The Kier molecular flexibility index (Phi) is 3.13. The van der Waals surface area contributed by atoms with E-state index in [0.29, 0.717) is 6.54 Å². The smallest absolute Gasteiger partial charge is 0.0649 e. The van der Waals surface area contributed by atoms with Gasteiger partial charge in [-0.15, -0.1) is 0 Å². The fraction of sp³-hybridized carbons (Fsp3) is 0.250. The summed E-state index contributed by atoms with van der Waals surface area (Å²) in [6.45, 7) is 2.59. The maximum atomic E-state index is 5.87. The average Bonchev–Trinajstić information content (AvgIpc) is 2.48. The van der Waals surface area contributed by atoms with Crippen molar-refractivity contribution >= 4 is 17.1 Å². The quantitative estimate of drug-likeness (QED) is 0.893. The van der Waals surface area contributed by atoms with Crippen molar-refractivity contribution in [1.29, 1.82) is 0 Å². The first-order valence-corrected chi connectivity index (χ1v) is 6.67.